The first-order valence-electron chi connectivity index (χ1n) is 20.0. The number of fused-ring (bicyclic) bond motifs is 12. The maximum atomic E-state index is 6.42. The van der Waals surface area contributed by atoms with E-state index in [0.29, 0.717) is 0 Å². The third-order valence-electron chi connectivity index (χ3n) is 12.8. The van der Waals surface area contributed by atoms with E-state index in [1.54, 1.807) is 0 Å². The molecule has 0 bridgehead atoms. The molecule has 3 aromatic heterocycles. The lowest BCUT2D eigenvalue weighted by Gasteiger charge is -2.34. The van der Waals surface area contributed by atoms with Gasteiger partial charge in [-0.1, -0.05) is 146 Å². The SMILES string of the molecule is c1ccc(C2(c3ccccc3)c3cc(-n4c5ccccc5c5ccccc54)ccc3-c3ccc(-n4c5ccccc5c5cc6oc7ccccc7c6cc54)cc32)cc1. The van der Waals surface area contributed by atoms with Crippen LogP contribution in [0.25, 0.3) is 88.1 Å². The molecule has 9 aromatic carbocycles. The van der Waals surface area contributed by atoms with Crippen molar-refractivity contribution in [3.05, 3.63) is 229 Å². The molecule has 13 rings (SSSR count). The molecule has 0 atom stereocenters. The third kappa shape index (κ3) is 4.12. The minimum Gasteiger partial charge on any atom is -0.456 e. The van der Waals surface area contributed by atoms with Gasteiger partial charge in [-0.05, 0) is 94.0 Å². The van der Waals surface area contributed by atoms with Crippen LogP contribution >= 0.6 is 0 Å². The van der Waals surface area contributed by atoms with Crippen LogP contribution in [0.15, 0.2) is 211 Å². The number of hydrogen-bond acceptors (Lipinski definition) is 1. The van der Waals surface area contributed by atoms with Crippen LogP contribution in [0, 0.1) is 0 Å². The first kappa shape index (κ1) is 31.6. The van der Waals surface area contributed by atoms with Gasteiger partial charge in [0.15, 0.2) is 0 Å². The molecule has 58 heavy (non-hydrogen) atoms. The molecule has 0 saturated heterocycles. The summed E-state index contributed by atoms with van der Waals surface area (Å²) in [5, 5.41) is 7.16. The van der Waals surface area contributed by atoms with Gasteiger partial charge in [0.05, 0.1) is 27.5 Å². The Kier molecular flexibility index (Phi) is 6.37. The summed E-state index contributed by atoms with van der Waals surface area (Å²) in [5.74, 6) is 0. The molecule has 3 heteroatoms. The molecule has 3 heterocycles. The quantitative estimate of drug-likeness (QED) is 0.176. The molecule has 1 aliphatic carbocycles. The van der Waals surface area contributed by atoms with E-state index in [2.05, 4.69) is 209 Å². The van der Waals surface area contributed by atoms with Crippen LogP contribution in [-0.2, 0) is 5.41 Å². The van der Waals surface area contributed by atoms with Gasteiger partial charge in [0.25, 0.3) is 0 Å². The number of hydrogen-bond donors (Lipinski definition) is 0. The molecular formula is C55H34N2O. The van der Waals surface area contributed by atoms with E-state index in [1.807, 2.05) is 6.07 Å². The summed E-state index contributed by atoms with van der Waals surface area (Å²) < 4.78 is 11.3. The van der Waals surface area contributed by atoms with Gasteiger partial charge in [-0.3, -0.25) is 0 Å². The van der Waals surface area contributed by atoms with E-state index in [4.69, 9.17) is 4.42 Å². The average Bonchev–Trinajstić information content (AvgIpc) is 4.01. The van der Waals surface area contributed by atoms with Crippen molar-refractivity contribution in [2.75, 3.05) is 0 Å². The summed E-state index contributed by atoms with van der Waals surface area (Å²) in [7, 11) is 0. The van der Waals surface area contributed by atoms with Crippen molar-refractivity contribution in [2.45, 2.75) is 5.41 Å². The fourth-order valence-electron chi connectivity index (χ4n) is 10.4. The number of rotatable bonds is 4. The molecule has 0 fully saturated rings. The molecular weight excluding hydrogens is 705 g/mol. The van der Waals surface area contributed by atoms with Gasteiger partial charge in [0, 0.05) is 43.7 Å². The van der Waals surface area contributed by atoms with Gasteiger partial charge >= 0.3 is 0 Å². The van der Waals surface area contributed by atoms with Crippen LogP contribution in [0.3, 0.4) is 0 Å². The number of furan rings is 1. The van der Waals surface area contributed by atoms with Crippen molar-refractivity contribution in [3.8, 4) is 22.5 Å². The second kappa shape index (κ2) is 11.7. The lowest BCUT2D eigenvalue weighted by Crippen LogP contribution is -2.28. The summed E-state index contributed by atoms with van der Waals surface area (Å²) in [6.07, 6.45) is 0. The molecule has 0 saturated carbocycles. The molecule has 0 unspecified atom stereocenters. The molecule has 12 aromatic rings. The Hall–Kier alpha value is -7.62. The fourth-order valence-corrected chi connectivity index (χ4v) is 10.4. The Labute approximate surface area is 334 Å². The smallest absolute Gasteiger partial charge is 0.136 e. The standard InChI is InChI=1S/C55H34N2O/c1-3-15-35(16-4-1)55(36-17-5-2-6-18-36)47-31-37(56-49-23-11-7-19-41(49)42-20-8-12-24-50(42)56)27-29-39(47)40-30-28-38(32-48(40)55)57-51-25-13-9-21-43(51)45-34-54-46(33-52(45)57)44-22-10-14-26-53(44)58-54/h1-34H. The highest BCUT2D eigenvalue weighted by Crippen LogP contribution is 2.57. The maximum absolute atomic E-state index is 6.42. The van der Waals surface area contributed by atoms with Gasteiger partial charge in [-0.25, -0.2) is 0 Å². The normalized spacial score (nSPS) is 13.3. The Balaban J connectivity index is 1.12. The highest BCUT2D eigenvalue weighted by Gasteiger charge is 2.46. The second-order valence-electron chi connectivity index (χ2n) is 15.6. The zero-order chi connectivity index (χ0) is 38.0. The van der Waals surface area contributed by atoms with Crippen LogP contribution in [0.4, 0.5) is 0 Å². The average molecular weight is 739 g/mol. The molecule has 270 valence electrons. The Bertz CT molecular complexity index is 3530. The second-order valence-corrected chi connectivity index (χ2v) is 15.6. The largest absolute Gasteiger partial charge is 0.456 e. The first-order chi connectivity index (χ1) is 28.8. The maximum Gasteiger partial charge on any atom is 0.136 e. The predicted molar refractivity (Wildman–Crippen MR) is 240 cm³/mol. The topological polar surface area (TPSA) is 23.0 Å². The van der Waals surface area contributed by atoms with E-state index in [-0.39, 0.29) is 0 Å². The van der Waals surface area contributed by atoms with Crippen molar-refractivity contribution in [1.29, 1.82) is 0 Å². The zero-order valence-corrected chi connectivity index (χ0v) is 31.4. The van der Waals surface area contributed by atoms with E-state index < -0.39 is 5.41 Å². The lowest BCUT2D eigenvalue weighted by atomic mass is 9.67. The first-order valence-corrected chi connectivity index (χ1v) is 20.0. The monoisotopic (exact) mass is 738 g/mol. The molecule has 0 aliphatic heterocycles. The number of aromatic nitrogens is 2. The molecule has 0 radical (unpaired) electrons. The van der Waals surface area contributed by atoms with Gasteiger partial charge in [0.1, 0.15) is 11.2 Å². The van der Waals surface area contributed by atoms with Gasteiger partial charge in [0.2, 0.25) is 0 Å². The van der Waals surface area contributed by atoms with Crippen LogP contribution in [-0.4, -0.2) is 9.13 Å². The van der Waals surface area contributed by atoms with Gasteiger partial charge < -0.3 is 13.6 Å². The van der Waals surface area contributed by atoms with Crippen molar-refractivity contribution >= 4 is 65.6 Å². The van der Waals surface area contributed by atoms with Crippen molar-refractivity contribution < 1.29 is 4.42 Å². The van der Waals surface area contributed by atoms with Gasteiger partial charge in [-0.15, -0.1) is 0 Å². The summed E-state index contributed by atoms with van der Waals surface area (Å²) in [6, 6.07) is 75.8. The van der Waals surface area contributed by atoms with Crippen LogP contribution in [0.1, 0.15) is 22.3 Å². The molecule has 0 amide bonds. The Morgan fingerprint density at radius 2 is 0.759 bits per heavy atom. The summed E-state index contributed by atoms with van der Waals surface area (Å²) >= 11 is 0. The summed E-state index contributed by atoms with van der Waals surface area (Å²) in [6.45, 7) is 0. The zero-order valence-electron chi connectivity index (χ0n) is 31.4. The fraction of sp³-hybridized carbons (Fsp3) is 0.0182. The van der Waals surface area contributed by atoms with Crippen LogP contribution < -0.4 is 0 Å². The van der Waals surface area contributed by atoms with E-state index in [0.717, 1.165) is 38.8 Å². The van der Waals surface area contributed by atoms with E-state index in [9.17, 15) is 0 Å². The Morgan fingerprint density at radius 3 is 1.31 bits per heavy atom. The highest BCUT2D eigenvalue weighted by atomic mass is 16.3. The van der Waals surface area contributed by atoms with Crippen molar-refractivity contribution in [3.63, 3.8) is 0 Å². The molecule has 0 spiro atoms. The highest BCUT2D eigenvalue weighted by molar-refractivity contribution is 6.17. The molecule has 1 aliphatic rings. The molecule has 0 N–H and O–H groups in total. The van der Waals surface area contributed by atoms with Crippen LogP contribution in [0.5, 0.6) is 0 Å². The number of nitrogens with zero attached hydrogens (tertiary/aromatic N) is 2. The van der Waals surface area contributed by atoms with Crippen LogP contribution in [0.2, 0.25) is 0 Å². The van der Waals surface area contributed by atoms with E-state index in [1.165, 1.54) is 71.5 Å². The third-order valence-corrected chi connectivity index (χ3v) is 12.8. The molecule has 3 nitrogen and oxygen atoms in total. The number of para-hydroxylation sites is 4. The summed E-state index contributed by atoms with van der Waals surface area (Å²) in [4.78, 5) is 0. The minimum absolute atomic E-state index is 0.593. The predicted octanol–water partition coefficient (Wildman–Crippen LogP) is 14.1. The van der Waals surface area contributed by atoms with E-state index >= 15 is 0 Å². The van der Waals surface area contributed by atoms with Crippen molar-refractivity contribution in [2.24, 2.45) is 0 Å². The summed E-state index contributed by atoms with van der Waals surface area (Å²) in [5.41, 5.74) is 15.8. The van der Waals surface area contributed by atoms with Gasteiger partial charge in [-0.2, -0.15) is 0 Å². The Morgan fingerprint density at radius 1 is 0.310 bits per heavy atom. The lowest BCUT2D eigenvalue weighted by molar-refractivity contribution is 0.669. The number of benzene rings is 9. The van der Waals surface area contributed by atoms with Crippen molar-refractivity contribution in [1.82, 2.24) is 9.13 Å². The minimum atomic E-state index is -0.593.